The van der Waals surface area contributed by atoms with Gasteiger partial charge < -0.3 is 14.8 Å². The van der Waals surface area contributed by atoms with Gasteiger partial charge in [0.2, 0.25) is 0 Å². The Balaban J connectivity index is 2.31. The summed E-state index contributed by atoms with van der Waals surface area (Å²) in [5, 5.41) is 3.69. The Morgan fingerprint density at radius 1 is 1.29 bits per heavy atom. The molecule has 0 radical (unpaired) electrons. The summed E-state index contributed by atoms with van der Waals surface area (Å²) in [5.41, 5.74) is 2.50. The zero-order valence-electron chi connectivity index (χ0n) is 13.8. The van der Waals surface area contributed by atoms with E-state index in [1.807, 2.05) is 0 Å². The highest BCUT2D eigenvalue weighted by atomic mass is 16.5. The number of ether oxygens (including phenoxy) is 2. The average Bonchev–Trinajstić information content (AvgIpc) is 3.31. The normalized spacial score (nSPS) is 17.5. The van der Waals surface area contributed by atoms with Crippen molar-refractivity contribution < 1.29 is 9.47 Å². The van der Waals surface area contributed by atoms with Crippen molar-refractivity contribution in [3.8, 4) is 5.75 Å². The molecule has 0 amide bonds. The van der Waals surface area contributed by atoms with Crippen LogP contribution >= 0.6 is 0 Å². The van der Waals surface area contributed by atoms with Gasteiger partial charge in [0.15, 0.2) is 0 Å². The van der Waals surface area contributed by atoms with Gasteiger partial charge in [0.1, 0.15) is 5.75 Å². The van der Waals surface area contributed by atoms with E-state index >= 15 is 0 Å². The average molecular weight is 291 g/mol. The third kappa shape index (κ3) is 4.21. The minimum absolute atomic E-state index is 0.215. The van der Waals surface area contributed by atoms with E-state index in [-0.39, 0.29) is 12.1 Å². The van der Waals surface area contributed by atoms with Crippen LogP contribution in [0.5, 0.6) is 5.75 Å². The van der Waals surface area contributed by atoms with Gasteiger partial charge >= 0.3 is 0 Å². The second kappa shape index (κ2) is 7.81. The topological polar surface area (TPSA) is 30.5 Å². The lowest BCUT2D eigenvalue weighted by Crippen LogP contribution is -2.36. The van der Waals surface area contributed by atoms with E-state index in [1.54, 1.807) is 7.11 Å². The van der Waals surface area contributed by atoms with Crippen LogP contribution in [0.25, 0.3) is 0 Å². The fourth-order valence-electron chi connectivity index (χ4n) is 2.92. The fraction of sp³-hybridized carbons (Fsp3) is 0.667. The first-order chi connectivity index (χ1) is 10.2. The van der Waals surface area contributed by atoms with Crippen molar-refractivity contribution in [3.05, 3.63) is 29.3 Å². The van der Waals surface area contributed by atoms with E-state index in [1.165, 1.54) is 24.0 Å². The van der Waals surface area contributed by atoms with Crippen LogP contribution < -0.4 is 10.1 Å². The quantitative estimate of drug-likeness (QED) is 0.749. The lowest BCUT2D eigenvalue weighted by Gasteiger charge is -2.30. The summed E-state index contributed by atoms with van der Waals surface area (Å²) in [4.78, 5) is 0. The highest BCUT2D eigenvalue weighted by molar-refractivity contribution is 5.40. The molecule has 1 N–H and O–H groups in total. The van der Waals surface area contributed by atoms with Crippen molar-refractivity contribution >= 4 is 0 Å². The largest absolute Gasteiger partial charge is 0.496 e. The standard InChI is InChI=1S/C18H29NO2/c1-5-11-19-17(18(21-6-2)14-8-9-14)15-12-13(3)7-10-16(15)20-4/h7,10,12,14,17-19H,5-6,8-9,11H2,1-4H3. The molecule has 0 aliphatic heterocycles. The Morgan fingerprint density at radius 2 is 2.05 bits per heavy atom. The van der Waals surface area contributed by atoms with E-state index in [4.69, 9.17) is 9.47 Å². The lowest BCUT2D eigenvalue weighted by molar-refractivity contribution is 0.0180. The first-order valence-corrected chi connectivity index (χ1v) is 8.20. The van der Waals surface area contributed by atoms with Crippen molar-refractivity contribution in [1.82, 2.24) is 5.32 Å². The van der Waals surface area contributed by atoms with Gasteiger partial charge in [-0.1, -0.05) is 24.6 Å². The molecule has 2 rings (SSSR count). The molecule has 0 saturated heterocycles. The number of benzene rings is 1. The lowest BCUT2D eigenvalue weighted by atomic mass is 9.95. The molecular weight excluding hydrogens is 262 g/mol. The third-order valence-electron chi connectivity index (χ3n) is 4.11. The highest BCUT2D eigenvalue weighted by Crippen LogP contribution is 2.42. The summed E-state index contributed by atoms with van der Waals surface area (Å²) in [5.74, 6) is 1.64. The van der Waals surface area contributed by atoms with E-state index in [9.17, 15) is 0 Å². The Hall–Kier alpha value is -1.06. The summed E-state index contributed by atoms with van der Waals surface area (Å²) in [7, 11) is 1.75. The van der Waals surface area contributed by atoms with Gasteiger partial charge in [-0.15, -0.1) is 0 Å². The van der Waals surface area contributed by atoms with Crippen molar-refractivity contribution in [2.75, 3.05) is 20.3 Å². The van der Waals surface area contributed by atoms with Crippen molar-refractivity contribution in [2.24, 2.45) is 5.92 Å². The van der Waals surface area contributed by atoms with Crippen LogP contribution in [0.1, 0.15) is 50.3 Å². The summed E-state index contributed by atoms with van der Waals surface area (Å²) < 4.78 is 11.7. The van der Waals surface area contributed by atoms with E-state index in [0.29, 0.717) is 5.92 Å². The number of rotatable bonds is 9. The van der Waals surface area contributed by atoms with Crippen molar-refractivity contribution in [2.45, 2.75) is 52.2 Å². The van der Waals surface area contributed by atoms with Crippen LogP contribution in [0.3, 0.4) is 0 Å². The molecule has 2 unspecified atom stereocenters. The first kappa shape index (κ1) is 16.3. The van der Waals surface area contributed by atoms with E-state index in [2.05, 4.69) is 44.3 Å². The number of nitrogens with one attached hydrogen (secondary N) is 1. The minimum Gasteiger partial charge on any atom is -0.496 e. The Morgan fingerprint density at radius 3 is 2.62 bits per heavy atom. The summed E-state index contributed by atoms with van der Waals surface area (Å²) in [6, 6.07) is 6.63. The van der Waals surface area contributed by atoms with Gasteiger partial charge in [-0.05, 0) is 51.6 Å². The zero-order valence-corrected chi connectivity index (χ0v) is 13.8. The summed E-state index contributed by atoms with van der Waals surface area (Å²) in [6.45, 7) is 8.17. The molecule has 1 aliphatic rings. The highest BCUT2D eigenvalue weighted by Gasteiger charge is 2.38. The van der Waals surface area contributed by atoms with Gasteiger partial charge in [-0.3, -0.25) is 0 Å². The zero-order chi connectivity index (χ0) is 15.2. The molecule has 118 valence electrons. The molecule has 1 aromatic carbocycles. The molecular formula is C18H29NO2. The molecule has 1 fully saturated rings. The van der Waals surface area contributed by atoms with Crippen LogP contribution in [-0.2, 0) is 4.74 Å². The predicted molar refractivity (Wildman–Crippen MR) is 86.9 cm³/mol. The maximum absolute atomic E-state index is 6.10. The van der Waals surface area contributed by atoms with Gasteiger partial charge in [0, 0.05) is 12.2 Å². The maximum atomic E-state index is 6.10. The monoisotopic (exact) mass is 291 g/mol. The number of hydrogen-bond acceptors (Lipinski definition) is 3. The third-order valence-corrected chi connectivity index (χ3v) is 4.11. The Kier molecular flexibility index (Phi) is 6.07. The first-order valence-electron chi connectivity index (χ1n) is 8.20. The van der Waals surface area contributed by atoms with Crippen molar-refractivity contribution in [1.29, 1.82) is 0 Å². The Bertz CT molecular complexity index is 443. The van der Waals surface area contributed by atoms with E-state index in [0.717, 1.165) is 25.3 Å². The summed E-state index contributed by atoms with van der Waals surface area (Å²) in [6.07, 6.45) is 3.93. The molecule has 0 spiro atoms. The minimum atomic E-state index is 0.215. The van der Waals surface area contributed by atoms with E-state index < -0.39 is 0 Å². The molecule has 1 aliphatic carbocycles. The maximum Gasteiger partial charge on any atom is 0.123 e. The van der Waals surface area contributed by atoms with Gasteiger partial charge in [0.05, 0.1) is 19.3 Å². The molecule has 0 aromatic heterocycles. The molecule has 3 heteroatoms. The number of aryl methyl sites for hydroxylation is 1. The van der Waals surface area contributed by atoms with Gasteiger partial charge in [0.25, 0.3) is 0 Å². The fourth-order valence-corrected chi connectivity index (χ4v) is 2.92. The molecule has 1 saturated carbocycles. The van der Waals surface area contributed by atoms with Crippen LogP contribution in [0.2, 0.25) is 0 Å². The SMILES string of the molecule is CCCNC(c1cc(C)ccc1OC)C(OCC)C1CC1. The van der Waals surface area contributed by atoms with Crippen LogP contribution in [-0.4, -0.2) is 26.4 Å². The van der Waals surface area contributed by atoms with Crippen LogP contribution in [0.4, 0.5) is 0 Å². The second-order valence-corrected chi connectivity index (χ2v) is 5.93. The van der Waals surface area contributed by atoms with Gasteiger partial charge in [-0.2, -0.15) is 0 Å². The summed E-state index contributed by atoms with van der Waals surface area (Å²) >= 11 is 0. The second-order valence-electron chi connectivity index (χ2n) is 5.93. The molecule has 2 atom stereocenters. The van der Waals surface area contributed by atoms with Crippen LogP contribution in [0, 0.1) is 12.8 Å². The van der Waals surface area contributed by atoms with Gasteiger partial charge in [-0.25, -0.2) is 0 Å². The molecule has 21 heavy (non-hydrogen) atoms. The molecule has 3 nitrogen and oxygen atoms in total. The molecule has 1 aromatic rings. The Labute approximate surface area is 129 Å². The number of methoxy groups -OCH3 is 1. The smallest absolute Gasteiger partial charge is 0.123 e. The molecule has 0 heterocycles. The van der Waals surface area contributed by atoms with Crippen molar-refractivity contribution in [3.63, 3.8) is 0 Å². The number of hydrogen-bond donors (Lipinski definition) is 1. The molecule has 0 bridgehead atoms. The predicted octanol–water partition coefficient (Wildman–Crippen LogP) is 3.86. The van der Waals surface area contributed by atoms with Crippen LogP contribution in [0.15, 0.2) is 18.2 Å².